The number of hydrogen-bond donors (Lipinski definition) is 1. The Hall–Kier alpha value is -1.32. The first kappa shape index (κ1) is 12.7. The fraction of sp³-hybridized carbons (Fsp3) is 0.733. The van der Waals surface area contributed by atoms with Crippen molar-refractivity contribution >= 4 is 11.6 Å². The van der Waals surface area contributed by atoms with Crippen molar-refractivity contribution in [3.8, 4) is 0 Å². The maximum absolute atomic E-state index is 4.79. The van der Waals surface area contributed by atoms with Crippen molar-refractivity contribution in [3.05, 3.63) is 11.9 Å². The van der Waals surface area contributed by atoms with Crippen molar-refractivity contribution < 1.29 is 0 Å². The quantitative estimate of drug-likeness (QED) is 0.903. The van der Waals surface area contributed by atoms with E-state index < -0.39 is 0 Å². The summed E-state index contributed by atoms with van der Waals surface area (Å²) in [6.07, 6.45) is 6.42. The Bertz CT molecular complexity index is 434. The van der Waals surface area contributed by atoms with Gasteiger partial charge in [0.1, 0.15) is 17.5 Å². The molecule has 1 aromatic heterocycles. The minimum absolute atomic E-state index is 0.611. The maximum Gasteiger partial charge on any atom is 0.136 e. The van der Waals surface area contributed by atoms with Crippen LogP contribution in [-0.2, 0) is 0 Å². The van der Waals surface area contributed by atoms with Gasteiger partial charge in [0, 0.05) is 32.1 Å². The van der Waals surface area contributed by atoms with Gasteiger partial charge in [-0.05, 0) is 31.6 Å². The molecular weight excluding hydrogens is 236 g/mol. The summed E-state index contributed by atoms with van der Waals surface area (Å²) in [5.41, 5.74) is 0. The van der Waals surface area contributed by atoms with E-state index in [0.717, 1.165) is 36.5 Å². The summed E-state index contributed by atoms with van der Waals surface area (Å²) in [4.78, 5) is 11.8. The Morgan fingerprint density at radius 2 is 1.95 bits per heavy atom. The predicted molar refractivity (Wildman–Crippen MR) is 78.8 cm³/mol. The zero-order chi connectivity index (χ0) is 13.2. The molecule has 19 heavy (non-hydrogen) atoms. The van der Waals surface area contributed by atoms with Crippen molar-refractivity contribution in [2.24, 2.45) is 5.92 Å². The first-order valence-corrected chi connectivity index (χ1v) is 7.61. The molecule has 2 aliphatic rings. The lowest BCUT2D eigenvalue weighted by Gasteiger charge is -2.32. The van der Waals surface area contributed by atoms with Gasteiger partial charge in [-0.15, -0.1) is 0 Å². The smallest absolute Gasteiger partial charge is 0.136 e. The summed E-state index contributed by atoms with van der Waals surface area (Å²) < 4.78 is 0. The number of nitrogens with one attached hydrogen (secondary N) is 1. The Morgan fingerprint density at radius 3 is 2.53 bits per heavy atom. The number of hydrogen-bond acceptors (Lipinski definition) is 4. The fourth-order valence-electron chi connectivity index (χ4n) is 2.84. The average Bonchev–Trinajstić information content (AvgIpc) is 3.31. The van der Waals surface area contributed by atoms with E-state index in [-0.39, 0.29) is 0 Å². The minimum atomic E-state index is 0.611. The summed E-state index contributed by atoms with van der Waals surface area (Å²) in [7, 11) is 1.94. The number of aromatic nitrogens is 2. The van der Waals surface area contributed by atoms with Gasteiger partial charge >= 0.3 is 0 Å². The second-order valence-electron chi connectivity index (χ2n) is 5.83. The predicted octanol–water partition coefficient (Wildman–Crippen LogP) is 3.02. The molecule has 1 saturated carbocycles. The Kier molecular flexibility index (Phi) is 3.58. The molecule has 1 N–H and O–H groups in total. The van der Waals surface area contributed by atoms with Gasteiger partial charge in [0.15, 0.2) is 0 Å². The van der Waals surface area contributed by atoms with Crippen LogP contribution in [0.5, 0.6) is 0 Å². The monoisotopic (exact) mass is 260 g/mol. The molecule has 0 aromatic carbocycles. The largest absolute Gasteiger partial charge is 0.373 e. The molecule has 1 aliphatic carbocycles. The second-order valence-corrected chi connectivity index (χ2v) is 5.83. The third-order valence-corrected chi connectivity index (χ3v) is 4.44. The van der Waals surface area contributed by atoms with Crippen molar-refractivity contribution in [1.82, 2.24) is 9.97 Å². The third kappa shape index (κ3) is 2.82. The number of piperidine rings is 1. The normalized spacial score (nSPS) is 20.6. The molecule has 2 heterocycles. The van der Waals surface area contributed by atoms with E-state index in [1.54, 1.807) is 0 Å². The molecule has 0 amide bonds. The van der Waals surface area contributed by atoms with Gasteiger partial charge in [-0.2, -0.15) is 0 Å². The van der Waals surface area contributed by atoms with Gasteiger partial charge in [-0.1, -0.05) is 13.3 Å². The summed E-state index contributed by atoms with van der Waals surface area (Å²) in [5, 5.41) is 3.17. The van der Waals surface area contributed by atoms with E-state index in [4.69, 9.17) is 4.98 Å². The van der Waals surface area contributed by atoms with Gasteiger partial charge in [0.25, 0.3) is 0 Å². The highest BCUT2D eigenvalue weighted by Gasteiger charge is 2.28. The van der Waals surface area contributed by atoms with Crippen LogP contribution in [0.2, 0.25) is 0 Å². The standard InChI is InChI=1S/C15H24N4/c1-3-11-6-8-19(9-7-11)14-10-13(16-2)17-15(18-14)12-4-5-12/h10-12H,3-9H2,1-2H3,(H,16,17,18). The first-order valence-electron chi connectivity index (χ1n) is 7.61. The van der Waals surface area contributed by atoms with Gasteiger partial charge in [0.2, 0.25) is 0 Å². The van der Waals surface area contributed by atoms with E-state index in [1.807, 2.05) is 7.05 Å². The van der Waals surface area contributed by atoms with Gasteiger partial charge in [0.05, 0.1) is 0 Å². The van der Waals surface area contributed by atoms with Crippen molar-refractivity contribution in [2.45, 2.75) is 44.9 Å². The van der Waals surface area contributed by atoms with Crippen LogP contribution in [-0.4, -0.2) is 30.1 Å². The molecule has 1 aliphatic heterocycles. The summed E-state index contributed by atoms with van der Waals surface area (Å²) in [5.74, 6) is 4.64. The highest BCUT2D eigenvalue weighted by Crippen LogP contribution is 2.39. The van der Waals surface area contributed by atoms with Crippen LogP contribution in [0.1, 0.15) is 50.8 Å². The molecule has 0 radical (unpaired) electrons. The molecule has 4 heteroatoms. The number of anilines is 2. The minimum Gasteiger partial charge on any atom is -0.373 e. The molecule has 0 bridgehead atoms. The Morgan fingerprint density at radius 1 is 1.21 bits per heavy atom. The molecule has 3 rings (SSSR count). The lowest BCUT2D eigenvalue weighted by Crippen LogP contribution is -2.34. The van der Waals surface area contributed by atoms with Crippen molar-refractivity contribution in [3.63, 3.8) is 0 Å². The zero-order valence-electron chi connectivity index (χ0n) is 12.0. The molecule has 0 spiro atoms. The highest BCUT2D eigenvalue weighted by atomic mass is 15.2. The number of rotatable bonds is 4. The fourth-order valence-corrected chi connectivity index (χ4v) is 2.84. The van der Waals surface area contributed by atoms with Crippen molar-refractivity contribution in [1.29, 1.82) is 0 Å². The average molecular weight is 260 g/mol. The molecule has 0 atom stereocenters. The molecule has 0 unspecified atom stereocenters. The highest BCUT2D eigenvalue weighted by molar-refractivity contribution is 5.50. The summed E-state index contributed by atoms with van der Waals surface area (Å²) in [6, 6.07) is 2.10. The van der Waals surface area contributed by atoms with E-state index in [2.05, 4.69) is 28.2 Å². The van der Waals surface area contributed by atoms with Crippen LogP contribution in [0, 0.1) is 5.92 Å². The summed E-state index contributed by atoms with van der Waals surface area (Å²) >= 11 is 0. The topological polar surface area (TPSA) is 41.0 Å². The lowest BCUT2D eigenvalue weighted by atomic mass is 9.94. The SMILES string of the molecule is CCC1CCN(c2cc(NC)nc(C3CC3)n2)CC1. The molecule has 1 saturated heterocycles. The van der Waals surface area contributed by atoms with Crippen LogP contribution in [0.15, 0.2) is 6.07 Å². The Balaban J connectivity index is 1.77. The molecule has 104 valence electrons. The van der Waals surface area contributed by atoms with E-state index >= 15 is 0 Å². The second kappa shape index (κ2) is 5.35. The van der Waals surface area contributed by atoms with E-state index in [1.165, 1.54) is 32.1 Å². The summed E-state index contributed by atoms with van der Waals surface area (Å²) in [6.45, 7) is 4.58. The Labute approximate surface area is 115 Å². The van der Waals surface area contributed by atoms with Crippen molar-refractivity contribution in [2.75, 3.05) is 30.4 Å². The van der Waals surface area contributed by atoms with Crippen LogP contribution in [0.25, 0.3) is 0 Å². The van der Waals surface area contributed by atoms with Crippen LogP contribution in [0.3, 0.4) is 0 Å². The van der Waals surface area contributed by atoms with E-state index in [0.29, 0.717) is 5.92 Å². The molecule has 2 fully saturated rings. The van der Waals surface area contributed by atoms with Crippen LogP contribution >= 0.6 is 0 Å². The molecule has 4 nitrogen and oxygen atoms in total. The van der Waals surface area contributed by atoms with Gasteiger partial charge < -0.3 is 10.2 Å². The number of nitrogens with zero attached hydrogens (tertiary/aromatic N) is 3. The van der Waals surface area contributed by atoms with Gasteiger partial charge in [-0.25, -0.2) is 9.97 Å². The first-order chi connectivity index (χ1) is 9.30. The third-order valence-electron chi connectivity index (χ3n) is 4.44. The molecule has 1 aromatic rings. The van der Waals surface area contributed by atoms with Gasteiger partial charge in [-0.3, -0.25) is 0 Å². The molecular formula is C15H24N4. The maximum atomic E-state index is 4.79. The van der Waals surface area contributed by atoms with E-state index in [9.17, 15) is 0 Å². The van der Waals surface area contributed by atoms with Crippen LogP contribution in [0.4, 0.5) is 11.6 Å². The zero-order valence-corrected chi connectivity index (χ0v) is 12.0. The lowest BCUT2D eigenvalue weighted by molar-refractivity contribution is 0.393. The van der Waals surface area contributed by atoms with Crippen LogP contribution < -0.4 is 10.2 Å².